The van der Waals surface area contributed by atoms with Gasteiger partial charge in [-0.1, -0.05) is 36.4 Å². The molecule has 2 aromatic carbocycles. The van der Waals surface area contributed by atoms with E-state index in [1.54, 1.807) is 6.07 Å². The fraction of sp³-hybridized carbons (Fsp3) is 0.0769. The Hall–Kier alpha value is -1.67. The van der Waals surface area contributed by atoms with E-state index < -0.39 is 0 Å². The number of anilines is 1. The minimum atomic E-state index is 0. The molecule has 0 spiro atoms. The lowest BCUT2D eigenvalue weighted by Crippen LogP contribution is -1.98. The van der Waals surface area contributed by atoms with Crippen LogP contribution in [-0.2, 0) is 6.54 Å². The molecule has 0 aliphatic heterocycles. The van der Waals surface area contributed by atoms with Gasteiger partial charge in [0.15, 0.2) is 0 Å². The first-order chi connectivity index (χ1) is 7.36. The molecule has 0 radical (unpaired) electrons. The smallest absolute Gasteiger partial charge is 0.120 e. The van der Waals surface area contributed by atoms with Crippen LogP contribution >= 0.6 is 12.4 Å². The molecule has 0 bridgehead atoms. The molecule has 3 heteroatoms. The van der Waals surface area contributed by atoms with Gasteiger partial charge >= 0.3 is 0 Å². The predicted molar refractivity (Wildman–Crippen MR) is 69.1 cm³/mol. The van der Waals surface area contributed by atoms with Crippen molar-refractivity contribution in [2.45, 2.75) is 6.54 Å². The lowest BCUT2D eigenvalue weighted by atomic mass is 10.2. The SMILES string of the molecule is Cl.Oc1ccccc1CNc1ccccc1. The van der Waals surface area contributed by atoms with Gasteiger partial charge in [-0.3, -0.25) is 0 Å². The molecule has 0 amide bonds. The topological polar surface area (TPSA) is 32.3 Å². The van der Waals surface area contributed by atoms with Gasteiger partial charge in [-0.15, -0.1) is 12.4 Å². The molecule has 2 nitrogen and oxygen atoms in total. The summed E-state index contributed by atoms with van der Waals surface area (Å²) in [6.45, 7) is 0.636. The van der Waals surface area contributed by atoms with E-state index in [9.17, 15) is 5.11 Å². The fourth-order valence-corrected chi connectivity index (χ4v) is 1.41. The van der Waals surface area contributed by atoms with Crippen molar-refractivity contribution in [3.8, 4) is 5.75 Å². The molecule has 0 saturated heterocycles. The summed E-state index contributed by atoms with van der Waals surface area (Å²) in [5.74, 6) is 0.334. The molecule has 2 rings (SSSR count). The Labute approximate surface area is 101 Å². The van der Waals surface area contributed by atoms with Crippen molar-refractivity contribution >= 4 is 18.1 Å². The molecule has 16 heavy (non-hydrogen) atoms. The second kappa shape index (κ2) is 6.03. The van der Waals surface area contributed by atoms with E-state index in [4.69, 9.17) is 0 Å². The minimum Gasteiger partial charge on any atom is -0.508 e. The Morgan fingerprint density at radius 2 is 1.50 bits per heavy atom. The van der Waals surface area contributed by atoms with E-state index in [1.807, 2.05) is 48.5 Å². The predicted octanol–water partition coefficient (Wildman–Crippen LogP) is 3.43. The van der Waals surface area contributed by atoms with Crippen LogP contribution in [0.4, 0.5) is 5.69 Å². The summed E-state index contributed by atoms with van der Waals surface area (Å²) in [4.78, 5) is 0. The minimum absolute atomic E-state index is 0. The molecule has 0 aromatic heterocycles. The number of nitrogens with one attached hydrogen (secondary N) is 1. The van der Waals surface area contributed by atoms with Crippen LogP contribution in [0, 0.1) is 0 Å². The van der Waals surface area contributed by atoms with E-state index in [2.05, 4.69) is 5.32 Å². The average molecular weight is 236 g/mol. The van der Waals surface area contributed by atoms with Gasteiger partial charge in [0.2, 0.25) is 0 Å². The molecule has 0 heterocycles. The lowest BCUT2D eigenvalue weighted by molar-refractivity contribution is 0.469. The number of aromatic hydroxyl groups is 1. The van der Waals surface area contributed by atoms with Crippen molar-refractivity contribution in [2.24, 2.45) is 0 Å². The number of rotatable bonds is 3. The zero-order valence-corrected chi connectivity index (χ0v) is 9.58. The van der Waals surface area contributed by atoms with Crippen molar-refractivity contribution in [2.75, 3.05) is 5.32 Å². The zero-order chi connectivity index (χ0) is 10.5. The van der Waals surface area contributed by atoms with E-state index in [1.165, 1.54) is 0 Å². The van der Waals surface area contributed by atoms with Crippen molar-refractivity contribution in [3.63, 3.8) is 0 Å². The number of para-hydroxylation sites is 2. The number of halogens is 1. The van der Waals surface area contributed by atoms with Crippen LogP contribution in [0.15, 0.2) is 54.6 Å². The van der Waals surface area contributed by atoms with Gasteiger partial charge in [-0.25, -0.2) is 0 Å². The van der Waals surface area contributed by atoms with Crippen LogP contribution in [0.25, 0.3) is 0 Å². The van der Waals surface area contributed by atoms with Gasteiger partial charge in [0, 0.05) is 17.8 Å². The van der Waals surface area contributed by atoms with Crippen LogP contribution < -0.4 is 5.32 Å². The third-order valence-corrected chi connectivity index (χ3v) is 2.25. The summed E-state index contributed by atoms with van der Waals surface area (Å²) < 4.78 is 0. The van der Waals surface area contributed by atoms with Crippen molar-refractivity contribution in [1.29, 1.82) is 0 Å². The molecular weight excluding hydrogens is 222 g/mol. The highest BCUT2D eigenvalue weighted by molar-refractivity contribution is 5.85. The quantitative estimate of drug-likeness (QED) is 0.855. The normalized spacial score (nSPS) is 9.25. The summed E-state index contributed by atoms with van der Waals surface area (Å²) in [6.07, 6.45) is 0. The highest BCUT2D eigenvalue weighted by Crippen LogP contribution is 2.17. The third kappa shape index (κ3) is 3.17. The van der Waals surface area contributed by atoms with Gasteiger partial charge in [0.25, 0.3) is 0 Å². The Balaban J connectivity index is 0.00000128. The zero-order valence-electron chi connectivity index (χ0n) is 8.76. The van der Waals surface area contributed by atoms with E-state index in [-0.39, 0.29) is 12.4 Å². The first-order valence-electron chi connectivity index (χ1n) is 4.92. The molecule has 0 saturated carbocycles. The second-order valence-electron chi connectivity index (χ2n) is 3.35. The standard InChI is InChI=1S/C13H13NO.ClH/c15-13-9-5-4-6-11(13)10-14-12-7-2-1-3-8-12;/h1-9,14-15H,10H2;1H. The van der Waals surface area contributed by atoms with Crippen LogP contribution in [0.3, 0.4) is 0 Å². The summed E-state index contributed by atoms with van der Waals surface area (Å²) in [5.41, 5.74) is 1.96. The van der Waals surface area contributed by atoms with Crippen LogP contribution in [-0.4, -0.2) is 5.11 Å². The van der Waals surface area contributed by atoms with Crippen LogP contribution in [0.2, 0.25) is 0 Å². The number of hydrogen-bond acceptors (Lipinski definition) is 2. The second-order valence-corrected chi connectivity index (χ2v) is 3.35. The monoisotopic (exact) mass is 235 g/mol. The first kappa shape index (κ1) is 12.4. The first-order valence-corrected chi connectivity index (χ1v) is 4.92. The van der Waals surface area contributed by atoms with E-state index >= 15 is 0 Å². The molecular formula is C13H14ClNO. The summed E-state index contributed by atoms with van der Waals surface area (Å²) in [7, 11) is 0. The van der Waals surface area contributed by atoms with Crippen molar-refractivity contribution < 1.29 is 5.11 Å². The van der Waals surface area contributed by atoms with Crippen molar-refractivity contribution in [3.05, 3.63) is 60.2 Å². The average Bonchev–Trinajstić information content (AvgIpc) is 2.29. The molecule has 0 unspecified atom stereocenters. The molecule has 0 atom stereocenters. The molecule has 0 aliphatic carbocycles. The number of phenols is 1. The maximum Gasteiger partial charge on any atom is 0.120 e. The Morgan fingerprint density at radius 1 is 0.875 bits per heavy atom. The lowest BCUT2D eigenvalue weighted by Gasteiger charge is -2.07. The van der Waals surface area contributed by atoms with Gasteiger partial charge in [-0.2, -0.15) is 0 Å². The summed E-state index contributed by atoms with van der Waals surface area (Å²) in [5, 5.41) is 12.8. The van der Waals surface area contributed by atoms with Gasteiger partial charge in [0.05, 0.1) is 0 Å². The molecule has 0 fully saturated rings. The summed E-state index contributed by atoms with van der Waals surface area (Å²) in [6, 6.07) is 17.3. The molecule has 0 aliphatic rings. The highest BCUT2D eigenvalue weighted by atomic mass is 35.5. The Morgan fingerprint density at radius 3 is 2.19 bits per heavy atom. The maximum absolute atomic E-state index is 9.55. The van der Waals surface area contributed by atoms with Crippen molar-refractivity contribution in [1.82, 2.24) is 0 Å². The Kier molecular flexibility index (Phi) is 4.67. The van der Waals surface area contributed by atoms with E-state index in [0.29, 0.717) is 12.3 Å². The van der Waals surface area contributed by atoms with Crippen LogP contribution in [0.5, 0.6) is 5.75 Å². The molecule has 2 N–H and O–H groups in total. The maximum atomic E-state index is 9.55. The van der Waals surface area contributed by atoms with Crippen LogP contribution in [0.1, 0.15) is 5.56 Å². The number of hydrogen-bond donors (Lipinski definition) is 2. The number of benzene rings is 2. The van der Waals surface area contributed by atoms with Gasteiger partial charge < -0.3 is 10.4 Å². The van der Waals surface area contributed by atoms with Gasteiger partial charge in [-0.05, 0) is 18.2 Å². The largest absolute Gasteiger partial charge is 0.508 e. The molecule has 84 valence electrons. The highest BCUT2D eigenvalue weighted by Gasteiger charge is 1.98. The third-order valence-electron chi connectivity index (χ3n) is 2.25. The fourth-order valence-electron chi connectivity index (χ4n) is 1.41. The Bertz CT molecular complexity index is 431. The summed E-state index contributed by atoms with van der Waals surface area (Å²) >= 11 is 0. The molecule has 2 aromatic rings. The number of phenolic OH excluding ortho intramolecular Hbond substituents is 1. The van der Waals surface area contributed by atoms with Gasteiger partial charge in [0.1, 0.15) is 5.75 Å². The van der Waals surface area contributed by atoms with E-state index in [0.717, 1.165) is 11.3 Å².